The van der Waals surface area contributed by atoms with Crippen LogP contribution in [-0.4, -0.2) is 27.6 Å². The first-order valence-corrected chi connectivity index (χ1v) is 12.0. The molecule has 2 N–H and O–H groups in total. The molecule has 4 rings (SSSR count). The molecule has 0 radical (unpaired) electrons. The molecule has 1 saturated carbocycles. The van der Waals surface area contributed by atoms with Crippen molar-refractivity contribution in [2.45, 2.75) is 65.1 Å². The molecular weight excluding hydrogens is 477 g/mol. The average Bonchev–Trinajstić information content (AvgIpc) is 3.33. The van der Waals surface area contributed by atoms with Crippen molar-refractivity contribution >= 4 is 39.8 Å². The van der Waals surface area contributed by atoms with Crippen LogP contribution >= 0.6 is 22.9 Å². The Morgan fingerprint density at radius 3 is 2.36 bits per heavy atom. The van der Waals surface area contributed by atoms with E-state index in [-0.39, 0.29) is 17.4 Å². The van der Waals surface area contributed by atoms with E-state index in [1.165, 1.54) is 18.4 Å². The van der Waals surface area contributed by atoms with Gasteiger partial charge in [-0.3, -0.25) is 14.3 Å². The van der Waals surface area contributed by atoms with Crippen LogP contribution < -0.4 is 10.6 Å². The maximum Gasteiger partial charge on any atom is 0.436 e. The van der Waals surface area contributed by atoms with Crippen molar-refractivity contribution in [3.05, 3.63) is 32.4 Å². The molecule has 11 heteroatoms. The SMILES string of the molecule is Cn1nc(C(F)(F)F)c(Cl)c1C(=O)Nc1sc2c(c1C(=O)NC1CC1)CC[C@H](C(C)(C)C)C2. The largest absolute Gasteiger partial charge is 0.436 e. The second kappa shape index (κ2) is 8.30. The van der Waals surface area contributed by atoms with Crippen LogP contribution in [0.25, 0.3) is 0 Å². The first kappa shape index (κ1) is 24.1. The van der Waals surface area contributed by atoms with Crippen LogP contribution in [-0.2, 0) is 26.1 Å². The summed E-state index contributed by atoms with van der Waals surface area (Å²) in [6.45, 7) is 6.55. The zero-order valence-corrected chi connectivity index (χ0v) is 20.4. The Hall–Kier alpha value is -2.07. The highest BCUT2D eigenvalue weighted by atomic mass is 35.5. The monoisotopic (exact) mass is 502 g/mol. The lowest BCUT2D eigenvalue weighted by atomic mass is 9.72. The van der Waals surface area contributed by atoms with Crippen molar-refractivity contribution in [3.63, 3.8) is 0 Å². The number of carbonyl (C=O) groups is 2. The molecule has 2 amide bonds. The molecule has 0 spiro atoms. The Morgan fingerprint density at radius 2 is 1.82 bits per heavy atom. The zero-order valence-electron chi connectivity index (χ0n) is 18.8. The number of nitrogens with one attached hydrogen (secondary N) is 2. The second-order valence-corrected chi connectivity index (χ2v) is 11.3. The molecular formula is C22H26ClF3N4O2S. The highest BCUT2D eigenvalue weighted by Gasteiger charge is 2.40. The minimum Gasteiger partial charge on any atom is -0.349 e. The van der Waals surface area contributed by atoms with E-state index in [0.29, 0.717) is 22.9 Å². The summed E-state index contributed by atoms with van der Waals surface area (Å²) < 4.78 is 40.3. The molecule has 1 fully saturated rings. The number of anilines is 1. The minimum atomic E-state index is -4.79. The predicted molar refractivity (Wildman–Crippen MR) is 121 cm³/mol. The number of hydrogen-bond donors (Lipinski definition) is 2. The van der Waals surface area contributed by atoms with Gasteiger partial charge in [-0.25, -0.2) is 0 Å². The molecule has 0 aliphatic heterocycles. The van der Waals surface area contributed by atoms with Crippen LogP contribution in [0.1, 0.15) is 77.0 Å². The molecule has 0 unspecified atom stereocenters. The summed E-state index contributed by atoms with van der Waals surface area (Å²) in [6, 6.07) is 0.128. The normalized spacial score (nSPS) is 18.7. The van der Waals surface area contributed by atoms with Gasteiger partial charge in [0.25, 0.3) is 11.8 Å². The van der Waals surface area contributed by atoms with Gasteiger partial charge in [0.1, 0.15) is 15.7 Å². The summed E-state index contributed by atoms with van der Waals surface area (Å²) in [5, 5.41) is 8.58. The molecule has 0 saturated heterocycles. The summed E-state index contributed by atoms with van der Waals surface area (Å²) in [4.78, 5) is 27.1. The van der Waals surface area contributed by atoms with Crippen molar-refractivity contribution in [2.24, 2.45) is 18.4 Å². The maximum atomic E-state index is 13.2. The van der Waals surface area contributed by atoms with Crippen molar-refractivity contribution in [1.29, 1.82) is 0 Å². The fraction of sp³-hybridized carbons (Fsp3) is 0.591. The van der Waals surface area contributed by atoms with Gasteiger partial charge >= 0.3 is 6.18 Å². The topological polar surface area (TPSA) is 76.0 Å². The van der Waals surface area contributed by atoms with Gasteiger partial charge in [-0.05, 0) is 49.0 Å². The van der Waals surface area contributed by atoms with Crippen molar-refractivity contribution in [3.8, 4) is 0 Å². The summed E-state index contributed by atoms with van der Waals surface area (Å²) in [6.07, 6.45) is -0.539. The number of halogens is 4. The number of rotatable bonds is 4. The fourth-order valence-corrected chi connectivity index (χ4v) is 5.90. The Morgan fingerprint density at radius 1 is 1.15 bits per heavy atom. The number of fused-ring (bicyclic) bond motifs is 1. The quantitative estimate of drug-likeness (QED) is 0.583. The van der Waals surface area contributed by atoms with Crippen LogP contribution in [0.3, 0.4) is 0 Å². The number of aromatic nitrogens is 2. The average molecular weight is 503 g/mol. The van der Waals surface area contributed by atoms with E-state index in [1.54, 1.807) is 0 Å². The van der Waals surface area contributed by atoms with Gasteiger partial charge in [0.2, 0.25) is 0 Å². The summed E-state index contributed by atoms with van der Waals surface area (Å²) in [5.74, 6) is -0.670. The molecule has 1 atom stereocenters. The number of alkyl halides is 3. The summed E-state index contributed by atoms with van der Waals surface area (Å²) in [7, 11) is 1.23. The Kier molecular flexibility index (Phi) is 6.05. The van der Waals surface area contributed by atoms with Crippen molar-refractivity contribution < 1.29 is 22.8 Å². The van der Waals surface area contributed by atoms with Gasteiger partial charge in [-0.2, -0.15) is 18.3 Å². The fourth-order valence-electron chi connectivity index (χ4n) is 4.23. The smallest absolute Gasteiger partial charge is 0.349 e. The minimum absolute atomic E-state index is 0.0950. The zero-order chi connectivity index (χ0) is 24.3. The molecule has 180 valence electrons. The van der Waals surface area contributed by atoms with Gasteiger partial charge in [0.15, 0.2) is 5.69 Å². The second-order valence-electron chi connectivity index (χ2n) is 9.85. The Balaban J connectivity index is 1.69. The lowest BCUT2D eigenvalue weighted by Crippen LogP contribution is -2.29. The summed E-state index contributed by atoms with van der Waals surface area (Å²) in [5.41, 5.74) is -0.297. The van der Waals surface area contributed by atoms with E-state index in [0.717, 1.165) is 40.8 Å². The molecule has 6 nitrogen and oxygen atoms in total. The van der Waals surface area contributed by atoms with Crippen LogP contribution in [0.2, 0.25) is 5.02 Å². The van der Waals surface area contributed by atoms with Crippen molar-refractivity contribution in [2.75, 3.05) is 5.32 Å². The highest BCUT2D eigenvalue weighted by Crippen LogP contribution is 2.45. The van der Waals surface area contributed by atoms with Crippen LogP contribution in [0, 0.1) is 11.3 Å². The molecule has 0 aromatic carbocycles. The molecule has 33 heavy (non-hydrogen) atoms. The number of nitrogens with zero attached hydrogens (tertiary/aromatic N) is 2. The first-order chi connectivity index (χ1) is 15.3. The third kappa shape index (κ3) is 4.77. The van der Waals surface area contributed by atoms with E-state index in [1.807, 2.05) is 0 Å². The number of hydrogen-bond acceptors (Lipinski definition) is 4. The van der Waals surface area contributed by atoms with E-state index < -0.39 is 28.5 Å². The van der Waals surface area contributed by atoms with E-state index in [2.05, 4.69) is 36.5 Å². The number of thiophene rings is 1. The third-order valence-electron chi connectivity index (χ3n) is 6.33. The molecule has 2 aromatic heterocycles. The van der Waals surface area contributed by atoms with E-state index >= 15 is 0 Å². The lowest BCUT2D eigenvalue weighted by molar-refractivity contribution is -0.141. The molecule has 2 aromatic rings. The van der Waals surface area contributed by atoms with Crippen LogP contribution in [0.4, 0.5) is 18.2 Å². The van der Waals surface area contributed by atoms with Crippen molar-refractivity contribution in [1.82, 2.24) is 15.1 Å². The van der Waals surface area contributed by atoms with E-state index in [9.17, 15) is 22.8 Å². The van der Waals surface area contributed by atoms with Gasteiger partial charge in [0, 0.05) is 18.0 Å². The van der Waals surface area contributed by atoms with Gasteiger partial charge < -0.3 is 10.6 Å². The lowest BCUT2D eigenvalue weighted by Gasteiger charge is -2.33. The third-order valence-corrected chi connectivity index (χ3v) is 7.86. The number of carbonyl (C=O) groups excluding carboxylic acids is 2. The van der Waals surface area contributed by atoms with E-state index in [4.69, 9.17) is 11.6 Å². The maximum absolute atomic E-state index is 13.2. The molecule has 2 heterocycles. The molecule has 2 aliphatic carbocycles. The Labute approximate surface area is 198 Å². The highest BCUT2D eigenvalue weighted by molar-refractivity contribution is 7.17. The van der Waals surface area contributed by atoms with Gasteiger partial charge in [0.05, 0.1) is 5.56 Å². The molecule has 2 aliphatic rings. The van der Waals surface area contributed by atoms with Gasteiger partial charge in [-0.15, -0.1) is 11.3 Å². The van der Waals surface area contributed by atoms with Crippen LogP contribution in [0.15, 0.2) is 0 Å². The van der Waals surface area contributed by atoms with Crippen LogP contribution in [0.5, 0.6) is 0 Å². The number of aryl methyl sites for hydroxylation is 1. The van der Waals surface area contributed by atoms with Gasteiger partial charge in [-0.1, -0.05) is 32.4 Å². The Bertz CT molecular complexity index is 1110. The standard InChI is InChI=1S/C22H26ClF3N4O2S/c1-21(2,3)10-5-8-12-13(9-10)33-20(14(12)18(31)27-11-6-7-11)28-19(32)16-15(23)17(22(24,25)26)29-30(16)4/h10-11H,5-9H2,1-4H3,(H,27,31)(H,28,32)/t10-/m0/s1. The first-order valence-electron chi connectivity index (χ1n) is 10.8. The molecule has 0 bridgehead atoms. The predicted octanol–water partition coefficient (Wildman–Crippen LogP) is 5.45. The number of amides is 2. The summed E-state index contributed by atoms with van der Waals surface area (Å²) >= 11 is 7.20.